The third kappa shape index (κ3) is 3.10. The molecular formula is C8H18O3SSi. The molecule has 0 aliphatic rings. The monoisotopic (exact) mass is 222 g/mol. The van der Waals surface area contributed by atoms with Crippen LogP contribution in [0.4, 0.5) is 0 Å². The molecule has 0 fully saturated rings. The van der Waals surface area contributed by atoms with E-state index in [1.54, 1.807) is 38.5 Å². The van der Waals surface area contributed by atoms with Gasteiger partial charge in [-0.3, -0.25) is 0 Å². The van der Waals surface area contributed by atoms with Gasteiger partial charge in [0.15, 0.2) is 0 Å². The number of rotatable bonds is 7. The molecule has 0 aliphatic carbocycles. The fourth-order valence-corrected chi connectivity index (χ4v) is 5.22. The molecule has 3 nitrogen and oxygen atoms in total. The van der Waals surface area contributed by atoms with E-state index in [2.05, 4.69) is 13.5 Å². The van der Waals surface area contributed by atoms with Crippen LogP contribution in [0.1, 0.15) is 13.3 Å². The van der Waals surface area contributed by atoms with Crippen molar-refractivity contribution in [1.29, 1.82) is 0 Å². The van der Waals surface area contributed by atoms with Crippen LogP contribution in [0, 0.1) is 0 Å². The van der Waals surface area contributed by atoms with Gasteiger partial charge in [-0.1, -0.05) is 13.5 Å². The van der Waals surface area contributed by atoms with E-state index in [1.165, 1.54) is 0 Å². The fourth-order valence-electron chi connectivity index (χ4n) is 1.19. The summed E-state index contributed by atoms with van der Waals surface area (Å²) in [6, 6.07) is 0. The molecule has 0 heterocycles. The van der Waals surface area contributed by atoms with Crippen molar-refractivity contribution in [3.63, 3.8) is 0 Å². The zero-order valence-electron chi connectivity index (χ0n) is 8.70. The molecule has 0 saturated heterocycles. The van der Waals surface area contributed by atoms with Gasteiger partial charge in [0.05, 0.1) is 4.87 Å². The van der Waals surface area contributed by atoms with Crippen molar-refractivity contribution < 1.29 is 13.3 Å². The Hall–Kier alpha value is 0.187. The van der Waals surface area contributed by atoms with Gasteiger partial charge in [-0.2, -0.15) is 0 Å². The highest BCUT2D eigenvalue weighted by molar-refractivity contribution is 8.04. The Bertz CT molecular complexity index is 142. The van der Waals surface area contributed by atoms with Crippen LogP contribution in [-0.2, 0) is 13.3 Å². The minimum absolute atomic E-state index is 0.227. The zero-order valence-corrected chi connectivity index (χ0v) is 10.5. The molecule has 0 N–H and O–H groups in total. The van der Waals surface area contributed by atoms with E-state index in [9.17, 15) is 0 Å². The molecule has 0 amide bonds. The molecule has 13 heavy (non-hydrogen) atoms. The highest BCUT2D eigenvalue weighted by atomic mass is 32.2. The van der Waals surface area contributed by atoms with E-state index < -0.39 is 8.80 Å². The third-order valence-electron chi connectivity index (χ3n) is 1.88. The molecule has 78 valence electrons. The number of hydrogen-bond donors (Lipinski definition) is 0. The van der Waals surface area contributed by atoms with Crippen molar-refractivity contribution in [1.82, 2.24) is 0 Å². The summed E-state index contributed by atoms with van der Waals surface area (Å²) in [7, 11) is 2.42. The third-order valence-corrected chi connectivity index (χ3v) is 6.91. The molecule has 0 aromatic rings. The lowest BCUT2D eigenvalue weighted by Crippen LogP contribution is -2.52. The van der Waals surface area contributed by atoms with Crippen LogP contribution in [0.5, 0.6) is 0 Å². The summed E-state index contributed by atoms with van der Waals surface area (Å²) < 4.78 is 16.1. The van der Waals surface area contributed by atoms with Crippen LogP contribution >= 0.6 is 11.8 Å². The van der Waals surface area contributed by atoms with Crippen LogP contribution in [0.15, 0.2) is 12.0 Å². The molecule has 0 saturated carbocycles. The highest BCUT2D eigenvalue weighted by Gasteiger charge is 2.46. The van der Waals surface area contributed by atoms with Crippen molar-refractivity contribution in [3.05, 3.63) is 12.0 Å². The first-order valence-corrected chi connectivity index (χ1v) is 6.87. The summed E-state index contributed by atoms with van der Waals surface area (Å²) in [6.45, 7) is 5.77. The standard InChI is InChI=1S/C8H18O3SSi/c1-6-8(12-7-2)13(9-3,10-4)11-5/h7-8H,2,6H2,1,3-5H3. The molecule has 0 aromatic carbocycles. The van der Waals surface area contributed by atoms with Gasteiger partial charge in [0.25, 0.3) is 0 Å². The van der Waals surface area contributed by atoms with Gasteiger partial charge in [0.1, 0.15) is 0 Å². The minimum Gasteiger partial charge on any atom is -0.376 e. The topological polar surface area (TPSA) is 27.7 Å². The summed E-state index contributed by atoms with van der Waals surface area (Å²) in [5, 5.41) is 1.80. The van der Waals surface area contributed by atoms with Crippen molar-refractivity contribution in [2.75, 3.05) is 21.3 Å². The van der Waals surface area contributed by atoms with E-state index in [1.807, 2.05) is 0 Å². The molecular weight excluding hydrogens is 204 g/mol. The van der Waals surface area contributed by atoms with E-state index in [4.69, 9.17) is 13.3 Å². The first-order chi connectivity index (χ1) is 6.20. The maximum absolute atomic E-state index is 5.37. The summed E-state index contributed by atoms with van der Waals surface area (Å²) >= 11 is 1.61. The molecule has 5 heteroatoms. The van der Waals surface area contributed by atoms with Gasteiger partial charge in [-0.05, 0) is 11.8 Å². The van der Waals surface area contributed by atoms with Crippen LogP contribution in [0.3, 0.4) is 0 Å². The Kier molecular flexibility index (Phi) is 6.71. The maximum Gasteiger partial charge on any atom is 0.514 e. The molecule has 0 aromatic heterocycles. The van der Waals surface area contributed by atoms with Crippen LogP contribution in [0.25, 0.3) is 0 Å². The number of thioether (sulfide) groups is 1. The van der Waals surface area contributed by atoms with E-state index in [0.717, 1.165) is 6.42 Å². The van der Waals surface area contributed by atoms with Crippen molar-refractivity contribution in [2.24, 2.45) is 0 Å². The predicted molar refractivity (Wildman–Crippen MR) is 58.6 cm³/mol. The number of hydrogen-bond acceptors (Lipinski definition) is 4. The van der Waals surface area contributed by atoms with Gasteiger partial charge in [0, 0.05) is 21.3 Å². The van der Waals surface area contributed by atoms with Crippen molar-refractivity contribution >= 4 is 20.6 Å². The lowest BCUT2D eigenvalue weighted by Gasteiger charge is -2.30. The lowest BCUT2D eigenvalue weighted by atomic mass is 10.6. The Morgan fingerprint density at radius 1 is 1.31 bits per heavy atom. The second kappa shape index (κ2) is 6.61. The minimum atomic E-state index is -2.48. The van der Waals surface area contributed by atoms with Crippen molar-refractivity contribution in [2.45, 2.75) is 18.2 Å². The molecule has 1 unspecified atom stereocenters. The Morgan fingerprint density at radius 2 is 1.77 bits per heavy atom. The van der Waals surface area contributed by atoms with Crippen molar-refractivity contribution in [3.8, 4) is 0 Å². The van der Waals surface area contributed by atoms with Gasteiger partial charge in [-0.25, -0.2) is 0 Å². The molecule has 0 spiro atoms. The van der Waals surface area contributed by atoms with Crippen LogP contribution in [0.2, 0.25) is 0 Å². The predicted octanol–water partition coefficient (Wildman–Crippen LogP) is 2.06. The molecule has 0 radical (unpaired) electrons. The quantitative estimate of drug-likeness (QED) is 0.616. The van der Waals surface area contributed by atoms with Crippen LogP contribution < -0.4 is 0 Å². The van der Waals surface area contributed by atoms with Gasteiger partial charge in [0.2, 0.25) is 0 Å². The normalized spacial score (nSPS) is 14.2. The second-order valence-electron chi connectivity index (χ2n) is 2.42. The summed E-state index contributed by atoms with van der Waals surface area (Å²) in [5.74, 6) is 0. The first kappa shape index (κ1) is 13.2. The van der Waals surface area contributed by atoms with Crippen LogP contribution in [-0.4, -0.2) is 35.0 Å². The molecule has 0 bridgehead atoms. The summed E-state index contributed by atoms with van der Waals surface area (Å²) in [6.07, 6.45) is 0.943. The van der Waals surface area contributed by atoms with E-state index >= 15 is 0 Å². The smallest absolute Gasteiger partial charge is 0.376 e. The molecule has 0 aliphatic heterocycles. The van der Waals surface area contributed by atoms with Gasteiger partial charge in [-0.15, -0.1) is 11.8 Å². The van der Waals surface area contributed by atoms with Gasteiger partial charge >= 0.3 is 8.80 Å². The fraction of sp³-hybridized carbons (Fsp3) is 0.750. The Balaban J connectivity index is 4.54. The average Bonchev–Trinajstić information content (AvgIpc) is 2.19. The van der Waals surface area contributed by atoms with E-state index in [-0.39, 0.29) is 4.87 Å². The second-order valence-corrected chi connectivity index (χ2v) is 7.14. The first-order valence-electron chi connectivity index (χ1n) is 4.12. The summed E-state index contributed by atoms with van der Waals surface area (Å²) in [5.41, 5.74) is 0. The summed E-state index contributed by atoms with van der Waals surface area (Å²) in [4.78, 5) is 0.227. The lowest BCUT2D eigenvalue weighted by molar-refractivity contribution is 0.121. The SMILES string of the molecule is C=CSC(CC)[Si](OC)(OC)OC. The maximum atomic E-state index is 5.37. The molecule has 1 atom stereocenters. The Morgan fingerprint density at radius 3 is 2.00 bits per heavy atom. The molecule has 0 rings (SSSR count). The Labute approximate surface area is 85.8 Å². The highest BCUT2D eigenvalue weighted by Crippen LogP contribution is 2.27. The zero-order chi connectivity index (χ0) is 10.3. The van der Waals surface area contributed by atoms with Gasteiger partial charge < -0.3 is 13.3 Å². The average molecular weight is 222 g/mol. The van der Waals surface area contributed by atoms with E-state index in [0.29, 0.717) is 0 Å². The largest absolute Gasteiger partial charge is 0.514 e.